The van der Waals surface area contributed by atoms with Gasteiger partial charge in [0.15, 0.2) is 0 Å². The molecule has 0 aromatic heterocycles. The normalized spacial score (nSPS) is 22.6. The second-order valence-electron chi connectivity index (χ2n) is 6.11. The zero-order chi connectivity index (χ0) is 15.4. The third-order valence-electron chi connectivity index (χ3n) is 4.60. The second-order valence-corrected chi connectivity index (χ2v) is 6.11. The van der Waals surface area contributed by atoms with Gasteiger partial charge in [-0.1, -0.05) is 42.5 Å². The number of hydrogen-bond acceptors (Lipinski definition) is 2. The van der Waals surface area contributed by atoms with Crippen LogP contribution in [0.4, 0.5) is 4.39 Å². The standard InChI is InChI=1S/C19H22FNO/c20-18-8-6-16(7-9-18)19-10-11-21(13-17(19)14-22)12-15-4-2-1-3-5-15/h1-9,17,19,22H,10-14H2/t17-,19+/m1/s1. The Hall–Kier alpha value is -1.71. The predicted molar refractivity (Wildman–Crippen MR) is 86.1 cm³/mol. The zero-order valence-corrected chi connectivity index (χ0v) is 12.7. The van der Waals surface area contributed by atoms with Gasteiger partial charge in [0.1, 0.15) is 5.82 Å². The number of aliphatic hydroxyl groups excluding tert-OH is 1. The Balaban J connectivity index is 1.67. The van der Waals surface area contributed by atoms with Crippen LogP contribution in [-0.2, 0) is 6.54 Å². The van der Waals surface area contributed by atoms with Gasteiger partial charge in [-0.3, -0.25) is 4.90 Å². The summed E-state index contributed by atoms with van der Waals surface area (Å²) >= 11 is 0. The molecule has 116 valence electrons. The Labute approximate surface area is 131 Å². The average Bonchev–Trinajstić information content (AvgIpc) is 2.56. The molecule has 0 unspecified atom stereocenters. The molecule has 2 atom stereocenters. The van der Waals surface area contributed by atoms with E-state index in [9.17, 15) is 9.50 Å². The highest BCUT2D eigenvalue weighted by Crippen LogP contribution is 2.33. The molecule has 2 aromatic rings. The van der Waals surface area contributed by atoms with E-state index in [1.807, 2.05) is 18.2 Å². The molecule has 1 N–H and O–H groups in total. The van der Waals surface area contributed by atoms with Gasteiger partial charge in [0.25, 0.3) is 0 Å². The third-order valence-corrected chi connectivity index (χ3v) is 4.60. The van der Waals surface area contributed by atoms with Crippen LogP contribution in [-0.4, -0.2) is 29.7 Å². The molecule has 2 nitrogen and oxygen atoms in total. The molecular weight excluding hydrogens is 277 g/mol. The summed E-state index contributed by atoms with van der Waals surface area (Å²) in [4.78, 5) is 2.40. The summed E-state index contributed by atoms with van der Waals surface area (Å²) in [6.07, 6.45) is 1.00. The SMILES string of the molecule is OC[C@H]1CN(Cc2ccccc2)CC[C@H]1c1ccc(F)cc1. The van der Waals surface area contributed by atoms with E-state index < -0.39 is 0 Å². The quantitative estimate of drug-likeness (QED) is 0.935. The van der Waals surface area contributed by atoms with Gasteiger partial charge in [0.2, 0.25) is 0 Å². The fourth-order valence-electron chi connectivity index (χ4n) is 3.43. The minimum Gasteiger partial charge on any atom is -0.396 e. The first-order valence-corrected chi connectivity index (χ1v) is 7.89. The summed E-state index contributed by atoms with van der Waals surface area (Å²) < 4.78 is 13.1. The van der Waals surface area contributed by atoms with E-state index in [0.717, 1.165) is 31.6 Å². The predicted octanol–water partition coefficient (Wildman–Crippen LogP) is 3.42. The molecular formula is C19H22FNO. The van der Waals surface area contributed by atoms with Gasteiger partial charge < -0.3 is 5.11 Å². The van der Waals surface area contributed by atoms with Crippen LogP contribution < -0.4 is 0 Å². The zero-order valence-electron chi connectivity index (χ0n) is 12.7. The molecule has 1 fully saturated rings. The van der Waals surface area contributed by atoms with Crippen LogP contribution in [0.3, 0.4) is 0 Å². The molecule has 0 saturated carbocycles. The van der Waals surface area contributed by atoms with Crippen molar-refractivity contribution in [1.82, 2.24) is 4.90 Å². The molecule has 0 spiro atoms. The van der Waals surface area contributed by atoms with Crippen molar-refractivity contribution in [1.29, 1.82) is 0 Å². The molecule has 22 heavy (non-hydrogen) atoms. The molecule has 0 aliphatic carbocycles. The summed E-state index contributed by atoms with van der Waals surface area (Å²) in [5.41, 5.74) is 2.44. The number of benzene rings is 2. The van der Waals surface area contributed by atoms with E-state index in [0.29, 0.717) is 5.92 Å². The fourth-order valence-corrected chi connectivity index (χ4v) is 3.43. The Morgan fingerprint density at radius 2 is 1.77 bits per heavy atom. The number of likely N-dealkylation sites (tertiary alicyclic amines) is 1. The smallest absolute Gasteiger partial charge is 0.123 e. The number of rotatable bonds is 4. The van der Waals surface area contributed by atoms with Crippen LogP contribution in [0.15, 0.2) is 54.6 Å². The third kappa shape index (κ3) is 3.54. The summed E-state index contributed by atoms with van der Waals surface area (Å²) in [5.74, 6) is 0.325. The summed E-state index contributed by atoms with van der Waals surface area (Å²) in [7, 11) is 0. The first kappa shape index (κ1) is 15.2. The van der Waals surface area contributed by atoms with Crippen molar-refractivity contribution >= 4 is 0 Å². The first-order valence-electron chi connectivity index (χ1n) is 7.89. The van der Waals surface area contributed by atoms with Crippen molar-refractivity contribution in [3.8, 4) is 0 Å². The van der Waals surface area contributed by atoms with Crippen LogP contribution >= 0.6 is 0 Å². The summed E-state index contributed by atoms with van der Waals surface area (Å²) in [5, 5.41) is 9.76. The minimum atomic E-state index is -0.203. The maximum atomic E-state index is 13.1. The van der Waals surface area contributed by atoms with E-state index >= 15 is 0 Å². The maximum Gasteiger partial charge on any atom is 0.123 e. The molecule has 3 heteroatoms. The van der Waals surface area contributed by atoms with Crippen molar-refractivity contribution in [2.75, 3.05) is 19.7 Å². The molecule has 1 saturated heterocycles. The van der Waals surface area contributed by atoms with Gasteiger partial charge in [0, 0.05) is 25.6 Å². The minimum absolute atomic E-state index is 0.174. The van der Waals surface area contributed by atoms with Crippen molar-refractivity contribution in [3.63, 3.8) is 0 Å². The maximum absolute atomic E-state index is 13.1. The largest absolute Gasteiger partial charge is 0.396 e. The van der Waals surface area contributed by atoms with Crippen LogP contribution in [0, 0.1) is 11.7 Å². The Morgan fingerprint density at radius 3 is 2.45 bits per heavy atom. The number of nitrogens with zero attached hydrogens (tertiary/aromatic N) is 1. The number of halogens is 1. The summed E-state index contributed by atoms with van der Waals surface area (Å²) in [6, 6.07) is 17.2. The molecule has 2 aromatic carbocycles. The van der Waals surface area contributed by atoms with Crippen molar-refractivity contribution < 1.29 is 9.50 Å². The van der Waals surface area contributed by atoms with Crippen molar-refractivity contribution in [3.05, 3.63) is 71.5 Å². The molecule has 0 bridgehead atoms. The molecule has 0 amide bonds. The highest BCUT2D eigenvalue weighted by molar-refractivity contribution is 5.22. The van der Waals surface area contributed by atoms with Gasteiger partial charge in [-0.15, -0.1) is 0 Å². The van der Waals surface area contributed by atoms with Gasteiger partial charge in [-0.25, -0.2) is 4.39 Å². The Kier molecular flexibility index (Phi) is 4.86. The van der Waals surface area contributed by atoms with Gasteiger partial charge >= 0.3 is 0 Å². The second kappa shape index (κ2) is 7.03. The number of piperidine rings is 1. The topological polar surface area (TPSA) is 23.5 Å². The molecule has 1 aliphatic heterocycles. The lowest BCUT2D eigenvalue weighted by molar-refractivity contribution is 0.0972. The van der Waals surface area contributed by atoms with Crippen LogP contribution in [0.1, 0.15) is 23.5 Å². The van der Waals surface area contributed by atoms with Gasteiger partial charge in [-0.05, 0) is 42.1 Å². The van der Waals surface area contributed by atoms with Gasteiger partial charge in [0.05, 0.1) is 0 Å². The van der Waals surface area contributed by atoms with Crippen LogP contribution in [0.25, 0.3) is 0 Å². The molecule has 1 heterocycles. The molecule has 1 aliphatic rings. The molecule has 3 rings (SSSR count). The number of aliphatic hydroxyl groups is 1. The molecule has 0 radical (unpaired) electrons. The highest BCUT2D eigenvalue weighted by Gasteiger charge is 2.29. The number of hydrogen-bond donors (Lipinski definition) is 1. The van der Waals surface area contributed by atoms with E-state index in [4.69, 9.17) is 0 Å². The lowest BCUT2D eigenvalue weighted by Gasteiger charge is -2.38. The lowest BCUT2D eigenvalue weighted by Crippen LogP contribution is -2.40. The van der Waals surface area contributed by atoms with Gasteiger partial charge in [-0.2, -0.15) is 0 Å². The fraction of sp³-hybridized carbons (Fsp3) is 0.368. The first-order chi connectivity index (χ1) is 10.8. The van der Waals surface area contributed by atoms with E-state index in [1.165, 1.54) is 17.7 Å². The van der Waals surface area contributed by atoms with Crippen LogP contribution in [0.2, 0.25) is 0 Å². The highest BCUT2D eigenvalue weighted by atomic mass is 19.1. The van der Waals surface area contributed by atoms with Crippen molar-refractivity contribution in [2.24, 2.45) is 5.92 Å². The Morgan fingerprint density at radius 1 is 1.05 bits per heavy atom. The summed E-state index contributed by atoms with van der Waals surface area (Å²) in [6.45, 7) is 2.99. The Bertz CT molecular complexity index is 584. The van der Waals surface area contributed by atoms with E-state index in [-0.39, 0.29) is 18.3 Å². The van der Waals surface area contributed by atoms with E-state index in [2.05, 4.69) is 29.2 Å². The van der Waals surface area contributed by atoms with Crippen molar-refractivity contribution in [2.45, 2.75) is 18.9 Å². The average molecular weight is 299 g/mol. The lowest BCUT2D eigenvalue weighted by atomic mass is 9.81. The van der Waals surface area contributed by atoms with E-state index in [1.54, 1.807) is 0 Å². The van der Waals surface area contributed by atoms with Crippen LogP contribution in [0.5, 0.6) is 0 Å². The monoisotopic (exact) mass is 299 g/mol.